The van der Waals surface area contributed by atoms with Crippen molar-refractivity contribution < 1.29 is 9.47 Å². The Morgan fingerprint density at radius 2 is 2.00 bits per heavy atom. The van der Waals surface area contributed by atoms with E-state index in [1.54, 1.807) is 7.05 Å². The number of benzene rings is 1. The summed E-state index contributed by atoms with van der Waals surface area (Å²) < 4.78 is 11.1. The molecule has 1 atom stereocenters. The molecule has 2 N–H and O–H groups in total. The molecule has 1 unspecified atom stereocenters. The molecule has 0 aromatic heterocycles. The molecule has 0 amide bonds. The quantitative estimate of drug-likeness (QED) is 0.452. The molecule has 1 aromatic carbocycles. The van der Waals surface area contributed by atoms with Crippen LogP contribution < -0.4 is 10.6 Å². The van der Waals surface area contributed by atoms with Crippen LogP contribution in [0.5, 0.6) is 0 Å². The van der Waals surface area contributed by atoms with Gasteiger partial charge in [-0.05, 0) is 29.4 Å². The van der Waals surface area contributed by atoms with E-state index in [2.05, 4.69) is 60.7 Å². The van der Waals surface area contributed by atoms with Gasteiger partial charge in [0.1, 0.15) is 0 Å². The van der Waals surface area contributed by atoms with Crippen LogP contribution in [-0.2, 0) is 21.4 Å². The van der Waals surface area contributed by atoms with Gasteiger partial charge in [-0.2, -0.15) is 0 Å². The Morgan fingerprint density at radius 3 is 2.60 bits per heavy atom. The maximum atomic E-state index is 5.76. The predicted octanol–water partition coefficient (Wildman–Crippen LogP) is 2.84. The van der Waals surface area contributed by atoms with Gasteiger partial charge >= 0.3 is 0 Å². The van der Waals surface area contributed by atoms with E-state index in [4.69, 9.17) is 9.47 Å². The van der Waals surface area contributed by atoms with Crippen LogP contribution in [0.2, 0.25) is 0 Å². The second kappa shape index (κ2) is 9.78. The molecular formula is C20H33N3O2. The molecule has 5 nitrogen and oxygen atoms in total. The van der Waals surface area contributed by atoms with E-state index in [1.807, 2.05) is 0 Å². The van der Waals surface area contributed by atoms with Gasteiger partial charge < -0.3 is 20.1 Å². The Bertz CT molecular complexity index is 529. The highest BCUT2D eigenvalue weighted by molar-refractivity contribution is 5.79. The number of hydrogen-bond donors (Lipinski definition) is 2. The van der Waals surface area contributed by atoms with Crippen molar-refractivity contribution in [3.8, 4) is 0 Å². The molecule has 1 saturated heterocycles. The monoisotopic (exact) mass is 347 g/mol. The zero-order chi connectivity index (χ0) is 18.1. The summed E-state index contributed by atoms with van der Waals surface area (Å²) in [6.07, 6.45) is 2.26. The van der Waals surface area contributed by atoms with Crippen LogP contribution in [0.3, 0.4) is 0 Å². The minimum atomic E-state index is 0.191. The van der Waals surface area contributed by atoms with E-state index in [9.17, 15) is 0 Å². The van der Waals surface area contributed by atoms with Crippen LogP contribution in [-0.4, -0.2) is 45.5 Å². The van der Waals surface area contributed by atoms with Crippen molar-refractivity contribution in [2.24, 2.45) is 4.99 Å². The van der Waals surface area contributed by atoms with Gasteiger partial charge in [0, 0.05) is 33.4 Å². The number of aliphatic imine (C=N–C) groups is 1. The summed E-state index contributed by atoms with van der Waals surface area (Å²) in [6, 6.07) is 8.77. The molecule has 1 aromatic rings. The van der Waals surface area contributed by atoms with Crippen molar-refractivity contribution in [3.05, 3.63) is 35.4 Å². The SMILES string of the molecule is CN=C(NCCCOC1CCOC1)NCc1ccc(C(C)(C)C)cc1. The van der Waals surface area contributed by atoms with Gasteiger partial charge in [0.2, 0.25) is 0 Å². The minimum absolute atomic E-state index is 0.191. The van der Waals surface area contributed by atoms with Crippen LogP contribution >= 0.6 is 0 Å². The largest absolute Gasteiger partial charge is 0.379 e. The lowest BCUT2D eigenvalue weighted by atomic mass is 9.87. The lowest BCUT2D eigenvalue weighted by Crippen LogP contribution is -2.37. The highest BCUT2D eigenvalue weighted by Gasteiger charge is 2.15. The van der Waals surface area contributed by atoms with Crippen molar-refractivity contribution in [1.29, 1.82) is 0 Å². The topological polar surface area (TPSA) is 54.9 Å². The number of rotatable bonds is 7. The van der Waals surface area contributed by atoms with Crippen molar-refractivity contribution in [3.63, 3.8) is 0 Å². The zero-order valence-electron chi connectivity index (χ0n) is 16.1. The third kappa shape index (κ3) is 7.04. The van der Waals surface area contributed by atoms with Crippen molar-refractivity contribution in [2.45, 2.75) is 51.7 Å². The molecule has 0 bridgehead atoms. The Labute approximate surface area is 152 Å². The summed E-state index contributed by atoms with van der Waals surface area (Å²) in [7, 11) is 1.80. The standard InChI is InChI=1S/C20H33N3O2/c1-20(2,3)17-8-6-16(7-9-17)14-23-19(21-4)22-11-5-12-25-18-10-13-24-15-18/h6-9,18H,5,10-15H2,1-4H3,(H2,21,22,23). The molecule has 1 heterocycles. The number of guanidine groups is 1. The fourth-order valence-corrected chi connectivity index (χ4v) is 2.70. The third-order valence-electron chi connectivity index (χ3n) is 4.36. The van der Waals surface area contributed by atoms with E-state index in [0.717, 1.165) is 51.7 Å². The maximum absolute atomic E-state index is 5.76. The average Bonchev–Trinajstić information content (AvgIpc) is 3.10. The van der Waals surface area contributed by atoms with E-state index < -0.39 is 0 Å². The summed E-state index contributed by atoms with van der Waals surface area (Å²) in [4.78, 5) is 4.27. The smallest absolute Gasteiger partial charge is 0.191 e. The molecule has 0 saturated carbocycles. The Kier molecular flexibility index (Phi) is 7.72. The molecule has 0 spiro atoms. The second-order valence-corrected chi connectivity index (χ2v) is 7.51. The van der Waals surface area contributed by atoms with E-state index >= 15 is 0 Å². The summed E-state index contributed by atoms with van der Waals surface area (Å²) >= 11 is 0. The van der Waals surface area contributed by atoms with Gasteiger partial charge in [0.05, 0.1) is 12.7 Å². The zero-order valence-corrected chi connectivity index (χ0v) is 16.1. The molecule has 1 aliphatic rings. The van der Waals surface area contributed by atoms with Gasteiger partial charge in [0.15, 0.2) is 5.96 Å². The fourth-order valence-electron chi connectivity index (χ4n) is 2.70. The first kappa shape index (κ1) is 19.7. The Morgan fingerprint density at radius 1 is 1.24 bits per heavy atom. The second-order valence-electron chi connectivity index (χ2n) is 7.51. The molecule has 5 heteroatoms. The summed E-state index contributed by atoms with van der Waals surface area (Å²) in [5.74, 6) is 0.823. The van der Waals surface area contributed by atoms with Gasteiger partial charge in [-0.15, -0.1) is 0 Å². The van der Waals surface area contributed by atoms with Crippen LogP contribution in [0, 0.1) is 0 Å². The molecule has 140 valence electrons. The van der Waals surface area contributed by atoms with Crippen molar-refractivity contribution >= 4 is 5.96 Å². The highest BCUT2D eigenvalue weighted by Crippen LogP contribution is 2.22. The van der Waals surface area contributed by atoms with Crippen LogP contribution in [0.4, 0.5) is 0 Å². The predicted molar refractivity (Wildman–Crippen MR) is 103 cm³/mol. The minimum Gasteiger partial charge on any atom is -0.379 e. The molecular weight excluding hydrogens is 314 g/mol. The maximum Gasteiger partial charge on any atom is 0.191 e. The molecule has 2 rings (SSSR count). The molecule has 1 fully saturated rings. The number of ether oxygens (including phenoxy) is 2. The van der Waals surface area contributed by atoms with Crippen molar-refractivity contribution in [1.82, 2.24) is 10.6 Å². The van der Waals surface area contributed by atoms with Crippen LogP contribution in [0.15, 0.2) is 29.3 Å². The first-order valence-corrected chi connectivity index (χ1v) is 9.22. The summed E-state index contributed by atoms with van der Waals surface area (Å²) in [6.45, 7) is 10.6. The normalized spacial score (nSPS) is 18.4. The van der Waals surface area contributed by atoms with Gasteiger partial charge in [-0.3, -0.25) is 4.99 Å². The molecule has 1 aliphatic heterocycles. The number of nitrogens with zero attached hydrogens (tertiary/aromatic N) is 1. The Hall–Kier alpha value is -1.59. The first-order valence-electron chi connectivity index (χ1n) is 9.22. The van der Waals surface area contributed by atoms with Gasteiger partial charge in [0.25, 0.3) is 0 Å². The summed E-state index contributed by atoms with van der Waals surface area (Å²) in [5, 5.41) is 6.68. The van der Waals surface area contributed by atoms with E-state index in [1.165, 1.54) is 11.1 Å². The molecule has 25 heavy (non-hydrogen) atoms. The summed E-state index contributed by atoms with van der Waals surface area (Å²) in [5.41, 5.74) is 2.79. The lowest BCUT2D eigenvalue weighted by Gasteiger charge is -2.19. The van der Waals surface area contributed by atoms with Gasteiger partial charge in [-0.25, -0.2) is 0 Å². The highest BCUT2D eigenvalue weighted by atomic mass is 16.5. The van der Waals surface area contributed by atoms with Gasteiger partial charge in [-0.1, -0.05) is 45.0 Å². The first-order chi connectivity index (χ1) is 12.0. The lowest BCUT2D eigenvalue weighted by molar-refractivity contribution is 0.0420. The van der Waals surface area contributed by atoms with E-state index in [0.29, 0.717) is 0 Å². The van der Waals surface area contributed by atoms with Crippen LogP contribution in [0.1, 0.15) is 44.7 Å². The third-order valence-corrected chi connectivity index (χ3v) is 4.36. The molecule has 0 aliphatic carbocycles. The molecule has 0 radical (unpaired) electrons. The average molecular weight is 348 g/mol. The van der Waals surface area contributed by atoms with E-state index in [-0.39, 0.29) is 11.5 Å². The number of hydrogen-bond acceptors (Lipinski definition) is 3. The Balaban J connectivity index is 1.64. The number of nitrogens with one attached hydrogen (secondary N) is 2. The fraction of sp³-hybridized carbons (Fsp3) is 0.650. The van der Waals surface area contributed by atoms with Crippen LogP contribution in [0.25, 0.3) is 0 Å². The van der Waals surface area contributed by atoms with Crippen molar-refractivity contribution in [2.75, 3.05) is 33.4 Å².